The predicted molar refractivity (Wildman–Crippen MR) is 97.4 cm³/mol. The number of hydrogen-bond acceptors (Lipinski definition) is 1. The molecule has 1 heteroatoms. The van der Waals surface area contributed by atoms with Gasteiger partial charge in [0.2, 0.25) is 0 Å². The van der Waals surface area contributed by atoms with Crippen molar-refractivity contribution in [2.45, 2.75) is 90.9 Å². The highest BCUT2D eigenvalue weighted by atomic mass is 16.3. The fourth-order valence-corrected chi connectivity index (χ4v) is 3.12. The van der Waals surface area contributed by atoms with Crippen LogP contribution in [0.2, 0.25) is 0 Å². The first-order valence-electron chi connectivity index (χ1n) is 9.50. The third-order valence-electron chi connectivity index (χ3n) is 4.57. The lowest BCUT2D eigenvalue weighted by Gasteiger charge is -2.11. The Morgan fingerprint density at radius 3 is 1.82 bits per heavy atom. The molecule has 1 N–H and O–H groups in total. The van der Waals surface area contributed by atoms with Crippen molar-refractivity contribution < 1.29 is 5.11 Å². The normalized spacial score (nSPS) is 12.5. The Bertz CT molecular complexity index is 355. The molecule has 0 fully saturated rings. The van der Waals surface area contributed by atoms with E-state index in [0.717, 1.165) is 12.3 Å². The van der Waals surface area contributed by atoms with E-state index in [1.165, 1.54) is 76.2 Å². The second-order valence-electron chi connectivity index (χ2n) is 6.95. The summed E-state index contributed by atoms with van der Waals surface area (Å²) in [4.78, 5) is 0. The maximum absolute atomic E-state index is 9.30. The van der Waals surface area contributed by atoms with Crippen LogP contribution in [0.1, 0.15) is 90.0 Å². The molecular weight excluding hydrogens is 268 g/mol. The molecule has 0 radical (unpaired) electrons. The van der Waals surface area contributed by atoms with Crippen LogP contribution in [-0.4, -0.2) is 5.11 Å². The molecule has 1 nitrogen and oxygen atoms in total. The van der Waals surface area contributed by atoms with E-state index in [0.29, 0.717) is 5.75 Å². The molecule has 1 aromatic carbocycles. The molecule has 0 saturated carbocycles. The Labute approximate surface area is 138 Å². The summed E-state index contributed by atoms with van der Waals surface area (Å²) in [6, 6.07) is 7.68. The number of rotatable bonds is 13. The van der Waals surface area contributed by atoms with Gasteiger partial charge in [-0.25, -0.2) is 0 Å². The van der Waals surface area contributed by atoms with E-state index in [1.54, 1.807) is 12.1 Å². The van der Waals surface area contributed by atoms with Crippen LogP contribution in [0.5, 0.6) is 5.75 Å². The van der Waals surface area contributed by atoms with Gasteiger partial charge in [-0.05, 0) is 30.0 Å². The summed E-state index contributed by atoms with van der Waals surface area (Å²) in [5.41, 5.74) is 1.34. The van der Waals surface area contributed by atoms with Crippen LogP contribution in [0.15, 0.2) is 24.3 Å². The number of benzene rings is 1. The number of unbranched alkanes of at least 4 members (excludes halogenated alkanes) is 9. The number of phenolic OH excluding ortho intramolecular Hbond substituents is 1. The van der Waals surface area contributed by atoms with E-state index < -0.39 is 0 Å². The first-order valence-corrected chi connectivity index (χ1v) is 9.50. The van der Waals surface area contributed by atoms with E-state index in [1.807, 2.05) is 12.1 Å². The van der Waals surface area contributed by atoms with Gasteiger partial charge in [-0.3, -0.25) is 0 Å². The molecular formula is C21H36O. The van der Waals surface area contributed by atoms with Crippen molar-refractivity contribution >= 4 is 0 Å². The smallest absolute Gasteiger partial charge is 0.115 e. The third-order valence-corrected chi connectivity index (χ3v) is 4.57. The van der Waals surface area contributed by atoms with Gasteiger partial charge in [-0.2, -0.15) is 0 Å². The monoisotopic (exact) mass is 304 g/mol. The van der Waals surface area contributed by atoms with Crippen LogP contribution in [0, 0.1) is 5.92 Å². The Hall–Kier alpha value is -0.980. The second kappa shape index (κ2) is 12.6. The largest absolute Gasteiger partial charge is 0.508 e. The van der Waals surface area contributed by atoms with Crippen molar-refractivity contribution in [3.05, 3.63) is 29.8 Å². The summed E-state index contributed by atoms with van der Waals surface area (Å²) >= 11 is 0. The van der Waals surface area contributed by atoms with Gasteiger partial charge in [-0.1, -0.05) is 96.6 Å². The summed E-state index contributed by atoms with van der Waals surface area (Å²) in [5, 5.41) is 9.30. The summed E-state index contributed by atoms with van der Waals surface area (Å²) < 4.78 is 0. The van der Waals surface area contributed by atoms with Crippen LogP contribution < -0.4 is 0 Å². The first-order chi connectivity index (χ1) is 10.7. The van der Waals surface area contributed by atoms with Gasteiger partial charge < -0.3 is 5.11 Å². The minimum absolute atomic E-state index is 0.367. The van der Waals surface area contributed by atoms with E-state index in [9.17, 15) is 5.11 Å². The molecule has 1 aromatic rings. The lowest BCUT2D eigenvalue weighted by molar-refractivity contribution is 0.470. The molecule has 126 valence electrons. The predicted octanol–water partition coefficient (Wildman–Crippen LogP) is 6.88. The van der Waals surface area contributed by atoms with Crippen molar-refractivity contribution in [3.8, 4) is 5.75 Å². The van der Waals surface area contributed by atoms with Crippen LogP contribution in [-0.2, 0) is 6.42 Å². The van der Waals surface area contributed by atoms with Crippen LogP contribution in [0.3, 0.4) is 0 Å². The highest BCUT2D eigenvalue weighted by Gasteiger charge is 2.04. The maximum Gasteiger partial charge on any atom is 0.115 e. The van der Waals surface area contributed by atoms with Crippen molar-refractivity contribution in [2.24, 2.45) is 5.92 Å². The third kappa shape index (κ3) is 9.87. The van der Waals surface area contributed by atoms with E-state index in [-0.39, 0.29) is 0 Å². The van der Waals surface area contributed by atoms with Gasteiger partial charge in [0.05, 0.1) is 0 Å². The molecule has 0 aliphatic heterocycles. The standard InChI is InChI=1S/C21H36O/c1-3-4-5-6-7-8-9-10-11-12-13-19(2)18-20-14-16-21(22)17-15-20/h14-17,19,22H,3-13,18H2,1-2H3. The zero-order chi connectivity index (χ0) is 16.0. The lowest BCUT2D eigenvalue weighted by Crippen LogP contribution is -1.99. The molecule has 0 spiro atoms. The molecule has 0 heterocycles. The number of phenols is 1. The summed E-state index contributed by atoms with van der Waals surface area (Å²) in [6.07, 6.45) is 16.6. The zero-order valence-electron chi connectivity index (χ0n) is 14.8. The van der Waals surface area contributed by atoms with Crippen molar-refractivity contribution in [2.75, 3.05) is 0 Å². The zero-order valence-corrected chi connectivity index (χ0v) is 14.8. The van der Waals surface area contributed by atoms with Crippen molar-refractivity contribution in [3.63, 3.8) is 0 Å². The summed E-state index contributed by atoms with van der Waals surface area (Å²) in [5.74, 6) is 1.12. The topological polar surface area (TPSA) is 20.2 Å². The Kier molecular flexibility index (Phi) is 10.9. The Balaban J connectivity index is 1.92. The number of hydrogen-bond donors (Lipinski definition) is 1. The van der Waals surface area contributed by atoms with Crippen molar-refractivity contribution in [1.82, 2.24) is 0 Å². The lowest BCUT2D eigenvalue weighted by atomic mass is 9.95. The Morgan fingerprint density at radius 2 is 1.27 bits per heavy atom. The molecule has 1 atom stereocenters. The maximum atomic E-state index is 9.30. The Morgan fingerprint density at radius 1 is 0.773 bits per heavy atom. The first kappa shape index (κ1) is 19.1. The van der Waals surface area contributed by atoms with Gasteiger partial charge in [-0.15, -0.1) is 0 Å². The van der Waals surface area contributed by atoms with E-state index >= 15 is 0 Å². The SMILES string of the molecule is CCCCCCCCCCCCC(C)Cc1ccc(O)cc1. The minimum atomic E-state index is 0.367. The van der Waals surface area contributed by atoms with Crippen molar-refractivity contribution in [1.29, 1.82) is 0 Å². The van der Waals surface area contributed by atoms with Gasteiger partial charge in [0, 0.05) is 0 Å². The van der Waals surface area contributed by atoms with E-state index in [4.69, 9.17) is 0 Å². The molecule has 0 bridgehead atoms. The fraction of sp³-hybridized carbons (Fsp3) is 0.714. The summed E-state index contributed by atoms with van der Waals surface area (Å²) in [6.45, 7) is 4.63. The highest BCUT2D eigenvalue weighted by molar-refractivity contribution is 5.26. The van der Waals surface area contributed by atoms with Gasteiger partial charge in [0.1, 0.15) is 5.75 Å². The molecule has 0 amide bonds. The van der Waals surface area contributed by atoms with Crippen LogP contribution in [0.25, 0.3) is 0 Å². The van der Waals surface area contributed by atoms with E-state index in [2.05, 4.69) is 13.8 Å². The molecule has 0 aliphatic rings. The highest BCUT2D eigenvalue weighted by Crippen LogP contribution is 2.18. The minimum Gasteiger partial charge on any atom is -0.508 e. The van der Waals surface area contributed by atoms with Crippen LogP contribution >= 0.6 is 0 Å². The molecule has 0 aromatic heterocycles. The second-order valence-corrected chi connectivity index (χ2v) is 6.95. The molecule has 1 rings (SSSR count). The number of aromatic hydroxyl groups is 1. The summed E-state index contributed by atoms with van der Waals surface area (Å²) in [7, 11) is 0. The molecule has 0 aliphatic carbocycles. The average molecular weight is 305 g/mol. The quantitative estimate of drug-likeness (QED) is 0.394. The molecule has 0 saturated heterocycles. The van der Waals surface area contributed by atoms with Gasteiger partial charge in [0.15, 0.2) is 0 Å². The fourth-order valence-electron chi connectivity index (χ4n) is 3.12. The average Bonchev–Trinajstić information content (AvgIpc) is 2.51. The molecule has 22 heavy (non-hydrogen) atoms. The van der Waals surface area contributed by atoms with Gasteiger partial charge in [0.25, 0.3) is 0 Å². The van der Waals surface area contributed by atoms with Crippen LogP contribution in [0.4, 0.5) is 0 Å². The van der Waals surface area contributed by atoms with Gasteiger partial charge >= 0.3 is 0 Å². The molecule has 1 unspecified atom stereocenters.